The molecule has 0 bridgehead atoms. The lowest BCUT2D eigenvalue weighted by molar-refractivity contribution is 0.294. The first-order chi connectivity index (χ1) is 70.0. The molecule has 1 saturated carbocycles. The number of alkyl halides is 1. The summed E-state index contributed by atoms with van der Waals surface area (Å²) in [5, 5.41) is 19.7. The van der Waals surface area contributed by atoms with Gasteiger partial charge in [0.05, 0.1) is 78.8 Å². The number of benzene rings is 7. The summed E-state index contributed by atoms with van der Waals surface area (Å²) in [7, 11) is 0. The fraction of sp³-hybridized carbons (Fsp3) is 0.400. The average molecular weight is 2020 g/mol. The van der Waals surface area contributed by atoms with Crippen LogP contribution in [0.4, 0.5) is 65.6 Å². The predicted molar refractivity (Wildman–Crippen MR) is 556 cm³/mol. The molecule has 20 rings (SSSR count). The molecule has 0 radical (unpaired) electrons. The monoisotopic (exact) mass is 2020 g/mol. The van der Waals surface area contributed by atoms with Crippen LogP contribution in [-0.2, 0) is 97.9 Å². The zero-order valence-corrected chi connectivity index (χ0v) is 84.6. The van der Waals surface area contributed by atoms with Crippen molar-refractivity contribution in [3.05, 3.63) is 402 Å². The minimum absolute atomic E-state index is 0.0319. The second-order valence-corrected chi connectivity index (χ2v) is 40.1. The van der Waals surface area contributed by atoms with Crippen LogP contribution >= 0.6 is 0 Å². The number of anilines is 6. The number of nitrogens with one attached hydrogen (secondary N) is 12. The molecule has 147 heavy (non-hydrogen) atoms. The Hall–Kier alpha value is -15.1. The number of aromatic amines is 6. The highest BCUT2D eigenvalue weighted by molar-refractivity contribution is 5.58. The fourth-order valence-corrected chi connectivity index (χ4v) is 21.4. The van der Waals surface area contributed by atoms with Gasteiger partial charge < -0.3 is 31.9 Å². The molecule has 0 saturated heterocycles. The van der Waals surface area contributed by atoms with E-state index in [4.69, 9.17) is 0 Å². The van der Waals surface area contributed by atoms with Crippen LogP contribution in [0.5, 0.6) is 0 Å². The van der Waals surface area contributed by atoms with Gasteiger partial charge in [0, 0.05) is 36.8 Å². The van der Waals surface area contributed by atoms with Crippen molar-refractivity contribution in [2.75, 3.05) is 31.9 Å². The number of nitrogens with zero attached hydrogens (tertiary/aromatic N) is 6. The summed E-state index contributed by atoms with van der Waals surface area (Å²) < 4.78 is 103. The van der Waals surface area contributed by atoms with Gasteiger partial charge in [-0.05, 0) is 265 Å². The molecule has 0 amide bonds. The molecular formula is C110H125F7N18O12. The van der Waals surface area contributed by atoms with Gasteiger partial charge in [0.1, 0.15) is 76.0 Å². The highest BCUT2D eigenvalue weighted by Gasteiger charge is 2.45. The molecule has 1 unspecified atom stereocenters. The number of rotatable bonds is 17. The Balaban J connectivity index is 0.000000133. The molecule has 30 nitrogen and oxygen atoms in total. The zero-order valence-electron chi connectivity index (χ0n) is 84.6. The lowest BCUT2D eigenvalue weighted by atomic mass is 9.74. The predicted octanol–water partition coefficient (Wildman–Crippen LogP) is 16.2. The first-order valence-corrected chi connectivity index (χ1v) is 50.1. The van der Waals surface area contributed by atoms with Gasteiger partial charge in [-0.2, -0.15) is 0 Å². The van der Waals surface area contributed by atoms with E-state index >= 15 is 0 Å². The summed E-state index contributed by atoms with van der Waals surface area (Å²) in [6.45, 7) is 25.4. The summed E-state index contributed by atoms with van der Waals surface area (Å²) in [5.74, 6) is 0.0371. The van der Waals surface area contributed by atoms with Crippen LogP contribution in [0.3, 0.4) is 0 Å². The normalized spacial score (nSPS) is 20.3. The molecule has 37 heteroatoms. The van der Waals surface area contributed by atoms with E-state index in [1.807, 2.05) is 82.3 Å². The van der Waals surface area contributed by atoms with E-state index in [1.165, 1.54) is 66.1 Å². The maximum atomic E-state index is 14.3. The molecule has 776 valence electrons. The number of hydrogen-bond acceptors (Lipinski definition) is 18. The quantitative estimate of drug-likeness (QED) is 0.0377. The van der Waals surface area contributed by atoms with E-state index in [1.54, 1.807) is 32.9 Å². The van der Waals surface area contributed by atoms with Crippen LogP contribution in [-0.4, -0.2) is 63.5 Å². The smallest absolute Gasteiger partial charge is 0.334 e. The third-order valence-electron chi connectivity index (χ3n) is 30.0. The topological polar surface area (TPSA) is 401 Å². The van der Waals surface area contributed by atoms with E-state index in [2.05, 4.69) is 133 Å². The Morgan fingerprint density at radius 2 is 0.714 bits per heavy atom. The Bertz CT molecular complexity index is 7760. The molecule has 13 aromatic rings. The lowest BCUT2D eigenvalue weighted by Gasteiger charge is -2.43. The van der Waals surface area contributed by atoms with Gasteiger partial charge in [-0.25, -0.2) is 64.1 Å². The van der Waals surface area contributed by atoms with Gasteiger partial charge in [-0.15, -0.1) is 0 Å². The van der Waals surface area contributed by atoms with Crippen LogP contribution in [0.1, 0.15) is 232 Å². The van der Waals surface area contributed by atoms with Crippen molar-refractivity contribution < 1.29 is 30.7 Å². The van der Waals surface area contributed by atoms with Gasteiger partial charge in [0.15, 0.2) is 0 Å². The first-order valence-electron chi connectivity index (χ1n) is 50.1. The summed E-state index contributed by atoms with van der Waals surface area (Å²) in [5.41, 5.74) is 0.462. The van der Waals surface area contributed by atoms with E-state index < -0.39 is 80.1 Å². The van der Waals surface area contributed by atoms with Crippen molar-refractivity contribution in [2.24, 2.45) is 11.8 Å². The lowest BCUT2D eigenvalue weighted by Crippen LogP contribution is -2.48. The zero-order chi connectivity index (χ0) is 106. The molecule has 7 aromatic carbocycles. The molecule has 7 aliphatic rings. The Morgan fingerprint density at radius 1 is 0.347 bits per heavy atom. The number of hydrogen-bond donors (Lipinski definition) is 12. The van der Waals surface area contributed by atoms with Gasteiger partial charge in [0.2, 0.25) is 0 Å². The Kier molecular flexibility index (Phi) is 31.3. The van der Waals surface area contributed by atoms with Gasteiger partial charge in [-0.3, -0.25) is 81.5 Å². The van der Waals surface area contributed by atoms with Crippen LogP contribution in [0.25, 0.3) is 5.69 Å². The van der Waals surface area contributed by atoms with Crippen molar-refractivity contribution in [2.45, 2.75) is 271 Å². The Labute approximate surface area is 840 Å². The van der Waals surface area contributed by atoms with Gasteiger partial charge >= 0.3 is 34.1 Å². The summed E-state index contributed by atoms with van der Waals surface area (Å²) in [6, 6.07) is 47.4. The minimum Gasteiger partial charge on any atom is -0.362 e. The number of H-pyrrole nitrogens is 6. The van der Waals surface area contributed by atoms with E-state index in [-0.39, 0.29) is 103 Å². The second-order valence-electron chi connectivity index (χ2n) is 40.1. The van der Waals surface area contributed by atoms with Crippen molar-refractivity contribution in [1.82, 2.24) is 57.3 Å². The summed E-state index contributed by atoms with van der Waals surface area (Å²) in [6.07, 6.45) is 10.1. The second kappa shape index (κ2) is 43.3. The number of fused-ring (bicyclic) bond motifs is 6. The average Bonchev–Trinajstić information content (AvgIpc) is 0.765. The van der Waals surface area contributed by atoms with Gasteiger partial charge in [0.25, 0.3) is 33.4 Å². The molecule has 12 N–H and O–H groups in total. The molecule has 6 aliphatic heterocycles. The van der Waals surface area contributed by atoms with Crippen molar-refractivity contribution in [3.8, 4) is 5.69 Å². The SMILES string of the molecule is CC(F)Cn1c(=O)[nH]c2c(c1=O)CC[C@](C)(c1cccc(F)c1)N2.CCC[C@]1(c2ccccc2)CCc2c([nH]c(=O)n(CC)c2=O)N1.CCn1c(=O)[nH]c2c(c1=O)CC[C@@](c1ccccc1)(C(C)C)N2.CCn1c(=O)[nH]c2c(c1=O)CC[C@](c1ccccc1)(C(C)C)N2.C[C@]1(c2cc(F)ccc2F)CCc2c([nH]c(=O)n(C3CCC3)c2=O)N1.Cc1cc(F)cc(-n2c(=O)[nH]c3c(c2=O)CC[C@](C)(c2cc(F)ccc2F)N3)c1. The fourth-order valence-electron chi connectivity index (χ4n) is 21.4. The summed E-state index contributed by atoms with van der Waals surface area (Å²) in [4.78, 5) is 166. The molecule has 6 aromatic heterocycles. The standard InChI is InChI=1S/C21H18F3N3O2.C18H19F2N3O2.3C18H23N3O2.C17H19F2N3O2/c1-11-7-13(23)9-14(8-11)27-19(28)15-5-6-21(2,26-18(15)25-20(27)29)16-10-12(22)3-4-17(16)24;1-18(13-9-10(19)5-6-14(13)20)8-7-12-15(22-18)21-17(25)23(16(12)24)11-3-2-4-11;2*1-4-21-16(22)14-10-11-18(12(2)3,13-8-6-5-7-9-13)20-15(14)19-17(21)23;1-3-11-18(13-8-6-5-7-9-13)12-10-14-15(20-18)19-17(23)21(4-2)16(14)22;1-10(18)9-22-15(23)13-6-7-17(2,21-14(13)20-16(22)24)11-4-3-5-12(19)8-11/h3-4,7-10,26H,5-6H2,1-2H3,(H,25,29);5-6,9,11,22H,2-4,7-8H2,1H3,(H,21,25);2*5-9,12,20H,4,10-11H2,1-3H3,(H,19,23);5-9,20H,3-4,10-12H2,1-2H3,(H,19,23);3-5,8,10,21H,6-7,9H2,1-2H3,(H,20,24)/t21-;4*18-;10?,17-/m111011/s1. The van der Waals surface area contributed by atoms with Crippen molar-refractivity contribution >= 4 is 34.9 Å². The molecular weight excluding hydrogens is 1900 g/mol. The van der Waals surface area contributed by atoms with Crippen LogP contribution in [0.2, 0.25) is 0 Å². The molecule has 1 fully saturated rings. The van der Waals surface area contributed by atoms with E-state index in [0.717, 1.165) is 109 Å². The number of halogens is 7. The maximum absolute atomic E-state index is 14.3. The number of aromatic nitrogens is 12. The molecule has 1 aliphatic carbocycles. The molecule has 7 atom stereocenters. The van der Waals surface area contributed by atoms with Crippen LogP contribution in [0.15, 0.2) is 227 Å². The maximum Gasteiger partial charge on any atom is 0.334 e. The third kappa shape index (κ3) is 21.4. The highest BCUT2D eigenvalue weighted by Crippen LogP contribution is 2.46. The van der Waals surface area contributed by atoms with Crippen LogP contribution < -0.4 is 99.4 Å². The first kappa shape index (κ1) is 106. The largest absolute Gasteiger partial charge is 0.362 e. The number of aryl methyl sites for hydroxylation is 1. The van der Waals surface area contributed by atoms with E-state index in [0.29, 0.717) is 151 Å². The molecule has 12 heterocycles. The van der Waals surface area contributed by atoms with E-state index in [9.17, 15) is 88.3 Å². The summed E-state index contributed by atoms with van der Waals surface area (Å²) >= 11 is 0. The van der Waals surface area contributed by atoms with Crippen LogP contribution in [0, 0.1) is 53.7 Å². The molecule has 0 spiro atoms. The third-order valence-corrected chi connectivity index (χ3v) is 30.0. The van der Waals surface area contributed by atoms with Crippen molar-refractivity contribution in [1.29, 1.82) is 0 Å². The minimum atomic E-state index is -1.30. The van der Waals surface area contributed by atoms with Gasteiger partial charge in [-0.1, -0.05) is 144 Å². The van der Waals surface area contributed by atoms with Crippen molar-refractivity contribution in [3.63, 3.8) is 0 Å². The highest BCUT2D eigenvalue weighted by atomic mass is 19.2. The Morgan fingerprint density at radius 3 is 1.13 bits per heavy atom.